The van der Waals surface area contributed by atoms with Crippen molar-refractivity contribution in [2.45, 2.75) is 13.5 Å². The summed E-state index contributed by atoms with van der Waals surface area (Å²) < 4.78 is 11.3. The van der Waals surface area contributed by atoms with Crippen LogP contribution in [0.5, 0.6) is 0 Å². The number of carbonyl (C=O) groups is 1. The second-order valence-electron chi connectivity index (χ2n) is 4.46. The molecule has 4 nitrogen and oxygen atoms in total. The van der Waals surface area contributed by atoms with Gasteiger partial charge in [0.15, 0.2) is 0 Å². The Labute approximate surface area is 121 Å². The maximum absolute atomic E-state index is 11.8. The van der Waals surface area contributed by atoms with E-state index in [1.807, 2.05) is 19.1 Å². The summed E-state index contributed by atoms with van der Waals surface area (Å²) in [5.41, 5.74) is 1.71. The van der Waals surface area contributed by atoms with E-state index >= 15 is 0 Å². The highest BCUT2D eigenvalue weighted by Gasteiger charge is 2.13. The Morgan fingerprint density at radius 3 is 2.79 bits per heavy atom. The first-order chi connectivity index (χ1) is 9.19. The van der Waals surface area contributed by atoms with Crippen molar-refractivity contribution >= 4 is 21.9 Å². The van der Waals surface area contributed by atoms with Crippen molar-refractivity contribution in [1.82, 2.24) is 4.90 Å². The number of carbonyl (C=O) groups excluding carboxylic acids is 1. The number of hydrogen-bond acceptors (Lipinski definition) is 4. The molecule has 1 aliphatic heterocycles. The van der Waals surface area contributed by atoms with Gasteiger partial charge in [-0.2, -0.15) is 0 Å². The monoisotopic (exact) mass is 327 g/mol. The maximum Gasteiger partial charge on any atom is 0.338 e. The minimum atomic E-state index is -0.271. The van der Waals surface area contributed by atoms with Crippen LogP contribution in [0.15, 0.2) is 22.7 Å². The lowest BCUT2D eigenvalue weighted by Gasteiger charge is -2.26. The molecule has 0 amide bonds. The van der Waals surface area contributed by atoms with Gasteiger partial charge in [0.1, 0.15) is 0 Å². The minimum Gasteiger partial charge on any atom is -0.462 e. The Balaban J connectivity index is 2.09. The van der Waals surface area contributed by atoms with Gasteiger partial charge in [0, 0.05) is 24.1 Å². The van der Waals surface area contributed by atoms with Crippen LogP contribution in [0.1, 0.15) is 22.8 Å². The van der Waals surface area contributed by atoms with Crippen LogP contribution in [0.2, 0.25) is 0 Å². The van der Waals surface area contributed by atoms with E-state index in [4.69, 9.17) is 9.47 Å². The van der Waals surface area contributed by atoms with Gasteiger partial charge in [0.05, 0.1) is 25.4 Å². The smallest absolute Gasteiger partial charge is 0.338 e. The van der Waals surface area contributed by atoms with Gasteiger partial charge in [-0.1, -0.05) is 15.9 Å². The van der Waals surface area contributed by atoms with E-state index in [-0.39, 0.29) is 5.97 Å². The third kappa shape index (κ3) is 4.30. The molecule has 2 rings (SSSR count). The van der Waals surface area contributed by atoms with Crippen LogP contribution in [-0.4, -0.2) is 43.8 Å². The summed E-state index contributed by atoms with van der Waals surface area (Å²) in [7, 11) is 0. The summed E-state index contributed by atoms with van der Waals surface area (Å²) in [5, 5.41) is 0. The van der Waals surface area contributed by atoms with Gasteiger partial charge in [0.2, 0.25) is 0 Å². The molecule has 0 radical (unpaired) electrons. The fraction of sp³-hybridized carbons (Fsp3) is 0.500. The summed E-state index contributed by atoms with van der Waals surface area (Å²) in [5.74, 6) is -0.271. The highest BCUT2D eigenvalue weighted by Crippen LogP contribution is 2.18. The van der Waals surface area contributed by atoms with E-state index < -0.39 is 0 Å². The fourth-order valence-electron chi connectivity index (χ4n) is 2.09. The number of halogens is 1. The molecular formula is C14H18BrNO3. The molecule has 104 valence electrons. The highest BCUT2D eigenvalue weighted by molar-refractivity contribution is 9.10. The molecule has 0 atom stereocenters. The van der Waals surface area contributed by atoms with Crippen molar-refractivity contribution in [2.24, 2.45) is 0 Å². The Hall–Kier alpha value is -0.910. The molecule has 1 aromatic carbocycles. The molecule has 1 aliphatic rings. The zero-order valence-corrected chi connectivity index (χ0v) is 12.6. The molecule has 0 unspecified atom stereocenters. The van der Waals surface area contributed by atoms with Gasteiger partial charge in [-0.3, -0.25) is 4.90 Å². The Bertz CT molecular complexity index is 444. The quantitative estimate of drug-likeness (QED) is 0.796. The van der Waals surface area contributed by atoms with Crippen LogP contribution in [0.3, 0.4) is 0 Å². The fourth-order valence-corrected chi connectivity index (χ4v) is 2.63. The zero-order valence-electron chi connectivity index (χ0n) is 11.0. The Morgan fingerprint density at radius 1 is 1.37 bits per heavy atom. The zero-order chi connectivity index (χ0) is 13.7. The predicted octanol–water partition coefficient (Wildman–Crippen LogP) is 2.46. The normalized spacial score (nSPS) is 16.3. The predicted molar refractivity (Wildman–Crippen MR) is 76.2 cm³/mol. The minimum absolute atomic E-state index is 0.271. The summed E-state index contributed by atoms with van der Waals surface area (Å²) in [6.45, 7) is 6.45. The van der Waals surface area contributed by atoms with Gasteiger partial charge in [0.25, 0.3) is 0 Å². The molecule has 0 bridgehead atoms. The standard InChI is InChI=1S/C14H18BrNO3/c1-2-19-14(17)12-7-11(8-13(15)9-12)10-16-3-5-18-6-4-16/h7-9H,2-6,10H2,1H3. The number of rotatable bonds is 4. The van der Waals surface area contributed by atoms with E-state index in [1.54, 1.807) is 6.07 Å². The van der Waals surface area contributed by atoms with Crippen molar-refractivity contribution in [3.63, 3.8) is 0 Å². The molecule has 0 aromatic heterocycles. The van der Waals surface area contributed by atoms with Gasteiger partial charge < -0.3 is 9.47 Å². The van der Waals surface area contributed by atoms with E-state index in [9.17, 15) is 4.79 Å². The number of hydrogen-bond donors (Lipinski definition) is 0. The van der Waals surface area contributed by atoms with Crippen LogP contribution in [0, 0.1) is 0 Å². The molecule has 1 heterocycles. The van der Waals surface area contributed by atoms with E-state index in [2.05, 4.69) is 20.8 Å². The largest absolute Gasteiger partial charge is 0.462 e. The number of ether oxygens (including phenoxy) is 2. The molecule has 0 saturated carbocycles. The van der Waals surface area contributed by atoms with Crippen LogP contribution in [-0.2, 0) is 16.0 Å². The van der Waals surface area contributed by atoms with Gasteiger partial charge in [-0.15, -0.1) is 0 Å². The lowest BCUT2D eigenvalue weighted by Crippen LogP contribution is -2.35. The van der Waals surface area contributed by atoms with Crippen LogP contribution < -0.4 is 0 Å². The second kappa shape index (κ2) is 7.03. The molecule has 19 heavy (non-hydrogen) atoms. The first-order valence-corrected chi connectivity index (χ1v) is 7.25. The van der Waals surface area contributed by atoms with Crippen molar-refractivity contribution in [3.05, 3.63) is 33.8 Å². The third-order valence-corrected chi connectivity index (χ3v) is 3.44. The molecule has 0 spiro atoms. The van der Waals surface area contributed by atoms with Crippen molar-refractivity contribution in [1.29, 1.82) is 0 Å². The van der Waals surface area contributed by atoms with Gasteiger partial charge in [-0.25, -0.2) is 4.79 Å². The van der Waals surface area contributed by atoms with Crippen LogP contribution in [0.25, 0.3) is 0 Å². The number of nitrogens with zero attached hydrogens (tertiary/aromatic N) is 1. The Kier molecular flexibility index (Phi) is 5.36. The van der Waals surface area contributed by atoms with Crippen molar-refractivity contribution in [2.75, 3.05) is 32.9 Å². The highest BCUT2D eigenvalue weighted by atomic mass is 79.9. The molecule has 1 saturated heterocycles. The molecule has 1 aromatic rings. The summed E-state index contributed by atoms with van der Waals surface area (Å²) >= 11 is 3.45. The lowest BCUT2D eigenvalue weighted by atomic mass is 10.1. The lowest BCUT2D eigenvalue weighted by molar-refractivity contribution is 0.0341. The Morgan fingerprint density at radius 2 is 2.11 bits per heavy atom. The number of esters is 1. The molecule has 0 N–H and O–H groups in total. The average Bonchev–Trinajstić information content (AvgIpc) is 2.39. The summed E-state index contributed by atoms with van der Waals surface area (Å²) in [6, 6.07) is 5.73. The average molecular weight is 328 g/mol. The van der Waals surface area contributed by atoms with Crippen molar-refractivity contribution in [3.8, 4) is 0 Å². The molecule has 1 fully saturated rings. The topological polar surface area (TPSA) is 38.8 Å². The molecular weight excluding hydrogens is 310 g/mol. The molecule has 0 aliphatic carbocycles. The number of benzene rings is 1. The van der Waals surface area contributed by atoms with Crippen LogP contribution in [0.4, 0.5) is 0 Å². The van der Waals surface area contributed by atoms with Crippen molar-refractivity contribution < 1.29 is 14.3 Å². The number of morpholine rings is 1. The molecule has 5 heteroatoms. The van der Waals surface area contributed by atoms with E-state index in [1.165, 1.54) is 0 Å². The SMILES string of the molecule is CCOC(=O)c1cc(Br)cc(CN2CCOCC2)c1. The maximum atomic E-state index is 11.8. The van der Waals surface area contributed by atoms with Gasteiger partial charge in [-0.05, 0) is 30.7 Å². The third-order valence-electron chi connectivity index (χ3n) is 2.98. The van der Waals surface area contributed by atoms with E-state index in [0.717, 1.165) is 42.9 Å². The second-order valence-corrected chi connectivity index (χ2v) is 5.37. The van der Waals surface area contributed by atoms with E-state index in [0.29, 0.717) is 12.2 Å². The summed E-state index contributed by atoms with van der Waals surface area (Å²) in [4.78, 5) is 14.1. The first-order valence-electron chi connectivity index (χ1n) is 6.45. The van der Waals surface area contributed by atoms with Crippen LogP contribution >= 0.6 is 15.9 Å². The first kappa shape index (κ1) is 14.5. The summed E-state index contributed by atoms with van der Waals surface area (Å²) in [6.07, 6.45) is 0. The van der Waals surface area contributed by atoms with Gasteiger partial charge >= 0.3 is 5.97 Å².